The maximum Gasteiger partial charge on any atom is 0.335 e. The molecule has 3 aromatic rings. The van der Waals surface area contributed by atoms with Gasteiger partial charge < -0.3 is 15.7 Å². The Hall–Kier alpha value is -4.43. The topological polar surface area (TPSA) is 116 Å². The molecule has 1 aliphatic rings. The highest BCUT2D eigenvalue weighted by Crippen LogP contribution is 2.24. The lowest BCUT2D eigenvalue weighted by molar-refractivity contribution is -0.138. The van der Waals surface area contributed by atoms with Gasteiger partial charge in [0.05, 0.1) is 12.1 Å². The average molecular weight is 490 g/mol. The summed E-state index contributed by atoms with van der Waals surface area (Å²) < 4.78 is 0. The minimum absolute atomic E-state index is 0.0409. The predicted octanol–water partition coefficient (Wildman–Crippen LogP) is 3.75. The lowest BCUT2D eigenvalue weighted by Gasteiger charge is -2.15. The van der Waals surface area contributed by atoms with E-state index in [9.17, 15) is 19.2 Å². The molecule has 0 bridgehead atoms. The Balaban J connectivity index is 1.35. The summed E-state index contributed by atoms with van der Waals surface area (Å²) in [6, 6.07) is 21.7. The predicted molar refractivity (Wildman–Crippen MR) is 130 cm³/mol. The molecule has 3 amide bonds. The third kappa shape index (κ3) is 5.39. The highest BCUT2D eigenvalue weighted by molar-refractivity contribution is 6.47. The van der Waals surface area contributed by atoms with Crippen LogP contribution < -0.4 is 10.6 Å². The highest BCUT2D eigenvalue weighted by Gasteiger charge is 2.37. The Morgan fingerprint density at radius 3 is 2.06 bits per heavy atom. The summed E-state index contributed by atoms with van der Waals surface area (Å²) in [6.07, 6.45) is 0. The molecule has 176 valence electrons. The number of carbonyl (C=O) groups excluding carboxylic acids is 3. The zero-order chi connectivity index (χ0) is 24.9. The van der Waals surface area contributed by atoms with Crippen molar-refractivity contribution in [2.45, 2.75) is 13.1 Å². The first-order valence-corrected chi connectivity index (χ1v) is 11.0. The van der Waals surface area contributed by atoms with Crippen LogP contribution in [0, 0.1) is 0 Å². The number of carbonyl (C=O) groups is 4. The van der Waals surface area contributed by atoms with E-state index in [0.717, 1.165) is 16.0 Å². The fraction of sp³-hybridized carbons (Fsp3) is 0.0769. The molecule has 0 unspecified atom stereocenters. The minimum atomic E-state index is -1.04. The van der Waals surface area contributed by atoms with Crippen molar-refractivity contribution in [2.75, 3.05) is 5.32 Å². The third-order valence-corrected chi connectivity index (χ3v) is 5.72. The number of carboxylic acid groups (broad SMARTS) is 1. The third-order valence-electron chi connectivity index (χ3n) is 5.37. The summed E-state index contributed by atoms with van der Waals surface area (Å²) in [5, 5.41) is 14.4. The SMILES string of the molecule is O=C(O)c1ccc(NC(=O)c2ccc(CNC3=C(Cl)C(=O)N(Cc4ccccc4)C3=O)cc2)cc1. The molecule has 35 heavy (non-hydrogen) atoms. The number of halogens is 1. The maximum atomic E-state index is 12.7. The number of hydrogen-bond acceptors (Lipinski definition) is 5. The zero-order valence-electron chi connectivity index (χ0n) is 18.3. The van der Waals surface area contributed by atoms with E-state index in [2.05, 4.69) is 10.6 Å². The van der Waals surface area contributed by atoms with Crippen molar-refractivity contribution >= 4 is 41.0 Å². The highest BCUT2D eigenvalue weighted by atomic mass is 35.5. The summed E-state index contributed by atoms with van der Waals surface area (Å²) in [5.41, 5.74) is 2.61. The lowest BCUT2D eigenvalue weighted by atomic mass is 10.1. The molecule has 9 heteroatoms. The second-order valence-corrected chi connectivity index (χ2v) is 8.14. The molecule has 0 aromatic heterocycles. The smallest absolute Gasteiger partial charge is 0.335 e. The van der Waals surface area contributed by atoms with Crippen LogP contribution in [0.4, 0.5) is 5.69 Å². The Kier molecular flexibility index (Phi) is 6.93. The normalized spacial score (nSPS) is 13.2. The molecular formula is C26H20ClN3O5. The van der Waals surface area contributed by atoms with Gasteiger partial charge >= 0.3 is 5.97 Å². The quantitative estimate of drug-likeness (QED) is 0.415. The fourth-order valence-corrected chi connectivity index (χ4v) is 3.72. The molecule has 1 aliphatic heterocycles. The van der Waals surface area contributed by atoms with Gasteiger partial charge in [0.1, 0.15) is 10.7 Å². The minimum Gasteiger partial charge on any atom is -0.478 e. The van der Waals surface area contributed by atoms with Crippen LogP contribution >= 0.6 is 11.6 Å². The van der Waals surface area contributed by atoms with Crippen LogP contribution in [0.2, 0.25) is 0 Å². The van der Waals surface area contributed by atoms with Gasteiger partial charge in [0, 0.05) is 17.8 Å². The molecule has 0 atom stereocenters. The van der Waals surface area contributed by atoms with Crippen molar-refractivity contribution in [1.29, 1.82) is 0 Å². The van der Waals surface area contributed by atoms with Crippen molar-refractivity contribution < 1.29 is 24.3 Å². The van der Waals surface area contributed by atoms with E-state index in [1.165, 1.54) is 24.3 Å². The van der Waals surface area contributed by atoms with E-state index in [1.807, 2.05) is 30.3 Å². The fourth-order valence-electron chi connectivity index (χ4n) is 3.47. The molecule has 1 heterocycles. The van der Waals surface area contributed by atoms with Gasteiger partial charge in [-0.05, 0) is 47.5 Å². The van der Waals surface area contributed by atoms with Gasteiger partial charge in [0.2, 0.25) is 0 Å². The van der Waals surface area contributed by atoms with Crippen LogP contribution in [0.5, 0.6) is 0 Å². The Bertz CT molecular complexity index is 1320. The van der Waals surface area contributed by atoms with Crippen LogP contribution in [-0.2, 0) is 22.7 Å². The molecule has 0 aliphatic carbocycles. The summed E-state index contributed by atoms with van der Waals surface area (Å²) in [4.78, 5) is 49.7. The number of nitrogens with one attached hydrogen (secondary N) is 2. The monoisotopic (exact) mass is 489 g/mol. The van der Waals surface area contributed by atoms with Crippen molar-refractivity contribution in [3.05, 3.63) is 112 Å². The molecule has 0 spiro atoms. The number of nitrogens with zero attached hydrogens (tertiary/aromatic N) is 1. The zero-order valence-corrected chi connectivity index (χ0v) is 19.1. The Labute approximate surface area is 205 Å². The van der Waals surface area contributed by atoms with Gasteiger partial charge in [-0.3, -0.25) is 19.3 Å². The number of amides is 3. The van der Waals surface area contributed by atoms with Crippen molar-refractivity contribution in [3.63, 3.8) is 0 Å². The van der Waals surface area contributed by atoms with Crippen LogP contribution in [0.15, 0.2) is 89.6 Å². The van der Waals surface area contributed by atoms with Gasteiger partial charge in [-0.1, -0.05) is 54.1 Å². The molecule has 0 saturated heterocycles. The van der Waals surface area contributed by atoms with Crippen LogP contribution in [-0.4, -0.2) is 33.7 Å². The van der Waals surface area contributed by atoms with Gasteiger partial charge in [-0.2, -0.15) is 0 Å². The molecule has 3 N–H and O–H groups in total. The van der Waals surface area contributed by atoms with E-state index in [1.54, 1.807) is 24.3 Å². The van der Waals surface area contributed by atoms with Crippen LogP contribution in [0.1, 0.15) is 31.8 Å². The molecule has 0 radical (unpaired) electrons. The van der Waals surface area contributed by atoms with Crippen molar-refractivity contribution in [2.24, 2.45) is 0 Å². The number of imide groups is 1. The first kappa shape index (κ1) is 23.7. The molecule has 3 aromatic carbocycles. The van der Waals surface area contributed by atoms with Crippen molar-refractivity contribution in [3.8, 4) is 0 Å². The first-order chi connectivity index (χ1) is 16.8. The molecule has 0 fully saturated rings. The van der Waals surface area contributed by atoms with Gasteiger partial charge in [-0.25, -0.2) is 4.79 Å². The second kappa shape index (κ2) is 10.2. The first-order valence-electron chi connectivity index (χ1n) is 10.6. The van der Waals surface area contributed by atoms with Crippen LogP contribution in [0.25, 0.3) is 0 Å². The number of benzene rings is 3. The van der Waals surface area contributed by atoms with E-state index in [-0.39, 0.29) is 35.3 Å². The van der Waals surface area contributed by atoms with Gasteiger partial charge in [-0.15, -0.1) is 0 Å². The standard InChI is InChI=1S/C26H20ClN3O5/c27-21-22(25(33)30(24(21)32)15-17-4-2-1-3-5-17)28-14-16-6-8-18(9-7-16)23(31)29-20-12-10-19(11-13-20)26(34)35/h1-13,28H,14-15H2,(H,29,31)(H,34,35). The maximum absolute atomic E-state index is 12.7. The number of anilines is 1. The average Bonchev–Trinajstić information content (AvgIpc) is 3.06. The summed E-state index contributed by atoms with van der Waals surface area (Å²) in [7, 11) is 0. The van der Waals surface area contributed by atoms with Gasteiger partial charge in [0.15, 0.2) is 0 Å². The van der Waals surface area contributed by atoms with E-state index >= 15 is 0 Å². The molecule has 8 nitrogen and oxygen atoms in total. The molecular weight excluding hydrogens is 470 g/mol. The Morgan fingerprint density at radius 1 is 0.800 bits per heavy atom. The summed E-state index contributed by atoms with van der Waals surface area (Å²) in [6.45, 7) is 0.352. The number of aromatic carboxylic acids is 1. The Morgan fingerprint density at radius 2 is 1.43 bits per heavy atom. The number of hydrogen-bond donors (Lipinski definition) is 3. The van der Waals surface area contributed by atoms with Crippen molar-refractivity contribution in [1.82, 2.24) is 10.2 Å². The lowest BCUT2D eigenvalue weighted by Crippen LogP contribution is -2.33. The van der Waals surface area contributed by atoms with Gasteiger partial charge in [0.25, 0.3) is 17.7 Å². The van der Waals surface area contributed by atoms with E-state index < -0.39 is 17.8 Å². The second-order valence-electron chi connectivity index (χ2n) is 7.76. The number of carboxylic acids is 1. The van der Waals surface area contributed by atoms with E-state index in [4.69, 9.17) is 16.7 Å². The van der Waals surface area contributed by atoms with Crippen LogP contribution in [0.3, 0.4) is 0 Å². The summed E-state index contributed by atoms with van der Waals surface area (Å²) >= 11 is 6.14. The number of rotatable bonds is 8. The summed E-state index contributed by atoms with van der Waals surface area (Å²) in [5.74, 6) is -2.44. The molecule has 4 rings (SSSR count). The van der Waals surface area contributed by atoms with E-state index in [0.29, 0.717) is 11.3 Å². The largest absolute Gasteiger partial charge is 0.478 e. The molecule has 0 saturated carbocycles.